The van der Waals surface area contributed by atoms with Crippen molar-refractivity contribution in [1.82, 2.24) is 23.6 Å². The van der Waals surface area contributed by atoms with Crippen LogP contribution in [0.2, 0.25) is 0 Å². The van der Waals surface area contributed by atoms with Crippen LogP contribution in [0.3, 0.4) is 0 Å². The van der Waals surface area contributed by atoms with E-state index in [1.54, 1.807) is 41.3 Å². The molecule has 4 aliphatic rings. The molecule has 9 heteroatoms. The Kier molecular flexibility index (Phi) is 5.02. The SMILES string of the molecule is CN1C2CC3CC(C2)C(I)C1(c1cnc2c(c1)c(-c1cnn(C)c1)cn2S(=O)(=O)c1ccccc1)C3. The van der Waals surface area contributed by atoms with Crippen LogP contribution in [-0.2, 0) is 22.6 Å². The fourth-order valence-electron chi connectivity index (χ4n) is 7.26. The summed E-state index contributed by atoms with van der Waals surface area (Å²) in [5, 5.41) is 5.21. The monoisotopic (exact) mass is 613 g/mol. The summed E-state index contributed by atoms with van der Waals surface area (Å²) in [5.74, 6) is 1.49. The standard InChI is InChI=1S/C27H28IN5O2S/c1-31-15-19(13-30-31)24-16-33(36(34,35)22-6-4-3-5-7-22)26-23(24)11-20(14-29-26)27-12-17-8-18(25(27)28)10-21(9-17)32(27)2/h3-7,11,13-18,21,25H,8-10,12H2,1-2H3. The lowest BCUT2D eigenvalue weighted by atomic mass is 9.56. The van der Waals surface area contributed by atoms with Gasteiger partial charge in [0.25, 0.3) is 10.0 Å². The zero-order chi connectivity index (χ0) is 24.8. The molecular weight excluding hydrogens is 585 g/mol. The van der Waals surface area contributed by atoms with E-state index in [0.717, 1.165) is 34.8 Å². The van der Waals surface area contributed by atoms with Crippen LogP contribution in [0, 0.1) is 11.8 Å². The minimum atomic E-state index is -3.81. The Labute approximate surface area is 224 Å². The molecule has 0 N–H and O–H groups in total. The molecule has 2 saturated heterocycles. The molecule has 36 heavy (non-hydrogen) atoms. The highest BCUT2D eigenvalue weighted by Gasteiger charge is 2.60. The zero-order valence-corrected chi connectivity index (χ0v) is 23.2. The molecule has 5 heterocycles. The topological polar surface area (TPSA) is 73.0 Å². The van der Waals surface area contributed by atoms with Crippen molar-refractivity contribution in [2.24, 2.45) is 18.9 Å². The average Bonchev–Trinajstić information content (AvgIpc) is 3.49. The Morgan fingerprint density at radius 2 is 1.86 bits per heavy atom. The fourth-order valence-corrected chi connectivity index (χ4v) is 10.2. The molecule has 4 fully saturated rings. The molecule has 5 unspecified atom stereocenters. The molecule has 4 bridgehead atoms. The minimum Gasteiger partial charge on any atom is -0.293 e. The van der Waals surface area contributed by atoms with Crippen LogP contribution in [0.5, 0.6) is 0 Å². The van der Waals surface area contributed by atoms with Crippen LogP contribution < -0.4 is 0 Å². The van der Waals surface area contributed by atoms with E-state index in [2.05, 4.69) is 45.7 Å². The predicted molar refractivity (Wildman–Crippen MR) is 147 cm³/mol. The number of hydrogen-bond acceptors (Lipinski definition) is 5. The van der Waals surface area contributed by atoms with Crippen LogP contribution >= 0.6 is 22.6 Å². The normalized spacial score (nSPS) is 29.9. The smallest absolute Gasteiger partial charge is 0.269 e. The second-order valence-corrected chi connectivity index (χ2v) is 13.9. The van der Waals surface area contributed by atoms with Gasteiger partial charge in [-0.1, -0.05) is 40.8 Å². The van der Waals surface area contributed by atoms with E-state index in [1.165, 1.54) is 28.8 Å². The molecule has 5 atom stereocenters. The van der Waals surface area contributed by atoms with E-state index in [9.17, 15) is 8.42 Å². The Morgan fingerprint density at radius 3 is 2.61 bits per heavy atom. The lowest BCUT2D eigenvalue weighted by molar-refractivity contribution is -0.102. The largest absolute Gasteiger partial charge is 0.293 e. The van der Waals surface area contributed by atoms with E-state index < -0.39 is 10.0 Å². The summed E-state index contributed by atoms with van der Waals surface area (Å²) in [6.07, 6.45) is 12.4. The predicted octanol–water partition coefficient (Wildman–Crippen LogP) is 4.81. The van der Waals surface area contributed by atoms with Crippen molar-refractivity contribution >= 4 is 43.6 Å². The molecule has 3 aromatic heterocycles. The number of aromatic nitrogens is 4. The molecule has 4 aromatic rings. The van der Waals surface area contributed by atoms with Gasteiger partial charge in [-0.15, -0.1) is 0 Å². The van der Waals surface area contributed by atoms with E-state index in [1.807, 2.05) is 25.5 Å². The number of piperidine rings is 2. The molecule has 7 nitrogen and oxygen atoms in total. The van der Waals surface area contributed by atoms with Crippen molar-refractivity contribution in [1.29, 1.82) is 0 Å². The van der Waals surface area contributed by atoms with Gasteiger partial charge in [-0.05, 0) is 68.3 Å². The Morgan fingerprint density at radius 1 is 1.06 bits per heavy atom. The summed E-state index contributed by atoms with van der Waals surface area (Å²) in [5.41, 5.74) is 3.32. The third-order valence-corrected chi connectivity index (χ3v) is 12.6. The van der Waals surface area contributed by atoms with Gasteiger partial charge in [0.05, 0.1) is 16.6 Å². The quantitative estimate of drug-likeness (QED) is 0.244. The molecular formula is C27H28IN5O2S. The van der Waals surface area contributed by atoms with E-state index in [-0.39, 0.29) is 10.4 Å². The van der Waals surface area contributed by atoms with Gasteiger partial charge in [0.2, 0.25) is 0 Å². The average molecular weight is 614 g/mol. The van der Waals surface area contributed by atoms with Crippen LogP contribution in [0.25, 0.3) is 22.2 Å². The molecule has 0 spiro atoms. The Bertz CT molecular complexity index is 1580. The molecule has 2 aliphatic carbocycles. The van der Waals surface area contributed by atoms with Crippen molar-refractivity contribution in [3.05, 3.63) is 66.7 Å². The van der Waals surface area contributed by atoms with Crippen LogP contribution in [0.15, 0.2) is 66.1 Å². The number of aryl methyl sites for hydroxylation is 1. The van der Waals surface area contributed by atoms with Gasteiger partial charge < -0.3 is 0 Å². The maximum absolute atomic E-state index is 13.7. The van der Waals surface area contributed by atoms with Gasteiger partial charge in [-0.25, -0.2) is 17.4 Å². The molecule has 186 valence electrons. The molecule has 2 saturated carbocycles. The first-order valence-corrected chi connectivity index (χ1v) is 15.2. The summed E-state index contributed by atoms with van der Waals surface area (Å²) in [6, 6.07) is 11.4. The van der Waals surface area contributed by atoms with Gasteiger partial charge in [0.15, 0.2) is 5.65 Å². The van der Waals surface area contributed by atoms with E-state index in [0.29, 0.717) is 15.6 Å². The third-order valence-electron chi connectivity index (χ3n) is 8.89. The number of halogens is 1. The second-order valence-electron chi connectivity index (χ2n) is 10.8. The molecule has 0 amide bonds. The zero-order valence-electron chi connectivity index (χ0n) is 20.3. The van der Waals surface area contributed by atoms with Gasteiger partial charge in [-0.2, -0.15) is 5.10 Å². The third kappa shape index (κ3) is 3.08. The number of alkyl halides is 1. The van der Waals surface area contributed by atoms with E-state index in [4.69, 9.17) is 4.98 Å². The maximum Gasteiger partial charge on any atom is 0.269 e. The van der Waals surface area contributed by atoms with Crippen molar-refractivity contribution in [3.8, 4) is 11.1 Å². The van der Waals surface area contributed by atoms with Gasteiger partial charge in [0, 0.05) is 52.1 Å². The van der Waals surface area contributed by atoms with Crippen LogP contribution in [0.1, 0.15) is 31.2 Å². The number of hydrogen-bond donors (Lipinski definition) is 0. The molecule has 0 radical (unpaired) electrons. The molecule has 1 aromatic carbocycles. The number of rotatable bonds is 4. The number of nitrogens with zero attached hydrogens (tertiary/aromatic N) is 5. The Balaban J connectivity index is 1.46. The van der Waals surface area contributed by atoms with Crippen molar-refractivity contribution in [3.63, 3.8) is 0 Å². The fraction of sp³-hybridized carbons (Fsp3) is 0.407. The van der Waals surface area contributed by atoms with Crippen molar-refractivity contribution in [2.45, 2.75) is 46.1 Å². The summed E-state index contributed by atoms with van der Waals surface area (Å²) in [4.78, 5) is 7.74. The van der Waals surface area contributed by atoms with Gasteiger partial charge >= 0.3 is 0 Å². The first-order chi connectivity index (χ1) is 17.3. The van der Waals surface area contributed by atoms with E-state index >= 15 is 0 Å². The van der Waals surface area contributed by atoms with Crippen LogP contribution in [-0.4, -0.2) is 49.1 Å². The van der Waals surface area contributed by atoms with Gasteiger partial charge in [-0.3, -0.25) is 9.58 Å². The number of fused-ring (bicyclic) bond motifs is 1. The summed E-state index contributed by atoms with van der Waals surface area (Å²) in [6.45, 7) is 0. The lowest BCUT2D eigenvalue weighted by Gasteiger charge is -2.65. The number of benzene rings is 1. The van der Waals surface area contributed by atoms with Crippen molar-refractivity contribution in [2.75, 3.05) is 7.05 Å². The molecule has 2 aliphatic heterocycles. The first-order valence-electron chi connectivity index (χ1n) is 12.5. The highest BCUT2D eigenvalue weighted by molar-refractivity contribution is 14.1. The Hall–Kier alpha value is -2.24. The lowest BCUT2D eigenvalue weighted by Crippen LogP contribution is -2.67. The second kappa shape index (κ2) is 7.88. The van der Waals surface area contributed by atoms with Crippen LogP contribution in [0.4, 0.5) is 0 Å². The molecule has 8 rings (SSSR count). The first kappa shape index (κ1) is 22.9. The summed E-state index contributed by atoms with van der Waals surface area (Å²) < 4.78 is 31.0. The highest BCUT2D eigenvalue weighted by Crippen LogP contribution is 2.60. The van der Waals surface area contributed by atoms with Crippen molar-refractivity contribution < 1.29 is 8.42 Å². The summed E-state index contributed by atoms with van der Waals surface area (Å²) in [7, 11) is 0.346. The highest BCUT2D eigenvalue weighted by atomic mass is 127. The van der Waals surface area contributed by atoms with Gasteiger partial charge in [0.1, 0.15) is 0 Å². The minimum absolute atomic E-state index is 0.0664. The number of pyridine rings is 1. The summed E-state index contributed by atoms with van der Waals surface area (Å²) >= 11 is 2.69. The maximum atomic E-state index is 13.7.